The largest absolute Gasteiger partial charge is 0.508 e. The van der Waals surface area contributed by atoms with Crippen LogP contribution in [0.3, 0.4) is 0 Å². The molecule has 1 fully saturated rings. The summed E-state index contributed by atoms with van der Waals surface area (Å²) in [5.41, 5.74) is 2.01. The van der Waals surface area contributed by atoms with Crippen LogP contribution in [0.2, 0.25) is 0 Å². The summed E-state index contributed by atoms with van der Waals surface area (Å²) in [4.78, 5) is 14.5. The molecule has 1 aliphatic heterocycles. The van der Waals surface area contributed by atoms with Gasteiger partial charge in [0.2, 0.25) is 0 Å². The number of benzene rings is 2. The number of hydrogen-bond donors (Lipinski definition) is 2. The number of para-hydroxylation sites is 1. The highest BCUT2D eigenvalue weighted by Gasteiger charge is 2.29. The summed E-state index contributed by atoms with van der Waals surface area (Å²) in [6.07, 6.45) is 1.92. The molecule has 1 atom stereocenters. The Labute approximate surface area is 141 Å². The van der Waals surface area contributed by atoms with Crippen LogP contribution in [-0.4, -0.2) is 29.7 Å². The predicted octanol–water partition coefficient (Wildman–Crippen LogP) is 3.45. The molecule has 24 heavy (non-hydrogen) atoms. The van der Waals surface area contributed by atoms with Crippen molar-refractivity contribution in [1.82, 2.24) is 10.2 Å². The number of methoxy groups -OCH3 is 1. The average Bonchev–Trinajstić information content (AvgIpc) is 3.10. The van der Waals surface area contributed by atoms with Crippen LogP contribution in [0.4, 0.5) is 4.79 Å². The number of carbonyl (C=O) groups is 1. The number of urea groups is 1. The zero-order valence-corrected chi connectivity index (χ0v) is 13.7. The molecular weight excluding hydrogens is 304 g/mol. The first-order valence-corrected chi connectivity index (χ1v) is 8.14. The standard InChI is InChI=1S/C19H22N2O3/c1-24-18-7-3-2-5-15(18)13-20-19(23)21-12-4-6-17(21)14-8-10-16(22)11-9-14/h2-3,5,7-11,17,22H,4,6,12-13H2,1H3,(H,20,23). The average molecular weight is 326 g/mol. The molecule has 126 valence electrons. The lowest BCUT2D eigenvalue weighted by Gasteiger charge is -2.25. The molecule has 1 aliphatic rings. The van der Waals surface area contributed by atoms with Crippen molar-refractivity contribution in [2.75, 3.05) is 13.7 Å². The van der Waals surface area contributed by atoms with Gasteiger partial charge in [-0.15, -0.1) is 0 Å². The second-order valence-electron chi connectivity index (χ2n) is 5.91. The fraction of sp³-hybridized carbons (Fsp3) is 0.316. The highest BCUT2D eigenvalue weighted by Crippen LogP contribution is 2.32. The normalized spacial score (nSPS) is 16.9. The van der Waals surface area contributed by atoms with Crippen LogP contribution in [0, 0.1) is 0 Å². The number of phenols is 1. The summed E-state index contributed by atoms with van der Waals surface area (Å²) in [6.45, 7) is 1.17. The third-order valence-corrected chi connectivity index (χ3v) is 4.41. The molecule has 2 aromatic rings. The Morgan fingerprint density at radius 1 is 1.25 bits per heavy atom. The maximum absolute atomic E-state index is 12.6. The zero-order chi connectivity index (χ0) is 16.9. The van der Waals surface area contributed by atoms with E-state index in [9.17, 15) is 9.90 Å². The molecular formula is C19H22N2O3. The number of ether oxygens (including phenoxy) is 1. The minimum atomic E-state index is -0.0727. The Morgan fingerprint density at radius 3 is 2.75 bits per heavy atom. The van der Waals surface area contributed by atoms with Gasteiger partial charge in [0.25, 0.3) is 0 Å². The topological polar surface area (TPSA) is 61.8 Å². The quantitative estimate of drug-likeness (QED) is 0.904. The van der Waals surface area contributed by atoms with Crippen LogP contribution in [0.25, 0.3) is 0 Å². The van der Waals surface area contributed by atoms with Crippen LogP contribution < -0.4 is 10.1 Å². The van der Waals surface area contributed by atoms with Gasteiger partial charge in [0, 0.05) is 18.7 Å². The van der Waals surface area contributed by atoms with Gasteiger partial charge in [-0.25, -0.2) is 4.79 Å². The number of amides is 2. The first-order chi connectivity index (χ1) is 11.7. The number of aromatic hydroxyl groups is 1. The van der Waals surface area contributed by atoms with Crippen molar-refractivity contribution in [2.45, 2.75) is 25.4 Å². The molecule has 2 aromatic carbocycles. The van der Waals surface area contributed by atoms with Crippen LogP contribution >= 0.6 is 0 Å². The Bertz CT molecular complexity index is 700. The number of carbonyl (C=O) groups excluding carboxylic acids is 1. The second kappa shape index (κ2) is 7.25. The summed E-state index contributed by atoms with van der Waals surface area (Å²) in [5.74, 6) is 1.01. The lowest BCUT2D eigenvalue weighted by Crippen LogP contribution is -2.39. The van der Waals surface area contributed by atoms with Crippen molar-refractivity contribution in [3.63, 3.8) is 0 Å². The molecule has 0 spiro atoms. The molecule has 0 saturated carbocycles. The molecule has 1 heterocycles. The highest BCUT2D eigenvalue weighted by atomic mass is 16.5. The number of likely N-dealkylation sites (tertiary alicyclic amines) is 1. The van der Waals surface area contributed by atoms with Crippen molar-refractivity contribution in [3.05, 3.63) is 59.7 Å². The molecule has 1 unspecified atom stereocenters. The minimum absolute atomic E-state index is 0.0586. The molecule has 0 aliphatic carbocycles. The van der Waals surface area contributed by atoms with E-state index >= 15 is 0 Å². The van der Waals surface area contributed by atoms with Gasteiger partial charge in [-0.2, -0.15) is 0 Å². The predicted molar refractivity (Wildman–Crippen MR) is 92.0 cm³/mol. The van der Waals surface area contributed by atoms with Crippen molar-refractivity contribution in [3.8, 4) is 11.5 Å². The van der Waals surface area contributed by atoms with E-state index in [1.807, 2.05) is 41.3 Å². The van der Waals surface area contributed by atoms with E-state index in [1.165, 1.54) is 0 Å². The first kappa shape index (κ1) is 16.2. The molecule has 2 N–H and O–H groups in total. The summed E-state index contributed by atoms with van der Waals surface area (Å²) in [7, 11) is 1.63. The van der Waals surface area contributed by atoms with Crippen molar-refractivity contribution in [1.29, 1.82) is 0 Å². The van der Waals surface area contributed by atoms with E-state index in [2.05, 4.69) is 5.32 Å². The van der Waals surface area contributed by atoms with E-state index in [0.717, 1.165) is 36.3 Å². The number of nitrogens with one attached hydrogen (secondary N) is 1. The van der Waals surface area contributed by atoms with E-state index in [-0.39, 0.29) is 17.8 Å². The summed E-state index contributed by atoms with van der Waals surface area (Å²) < 4.78 is 5.32. The summed E-state index contributed by atoms with van der Waals surface area (Å²) >= 11 is 0. The zero-order valence-electron chi connectivity index (χ0n) is 13.7. The molecule has 0 aromatic heterocycles. The van der Waals surface area contributed by atoms with Crippen LogP contribution in [0.15, 0.2) is 48.5 Å². The summed E-state index contributed by atoms with van der Waals surface area (Å²) in [6, 6.07) is 14.7. The monoisotopic (exact) mass is 326 g/mol. The van der Waals surface area contributed by atoms with Crippen molar-refractivity contribution < 1.29 is 14.6 Å². The van der Waals surface area contributed by atoms with Gasteiger partial charge in [0.05, 0.1) is 13.2 Å². The van der Waals surface area contributed by atoms with Gasteiger partial charge in [0.15, 0.2) is 0 Å². The van der Waals surface area contributed by atoms with E-state index in [0.29, 0.717) is 6.54 Å². The third-order valence-electron chi connectivity index (χ3n) is 4.41. The number of nitrogens with zero attached hydrogens (tertiary/aromatic N) is 1. The molecule has 1 saturated heterocycles. The van der Waals surface area contributed by atoms with Gasteiger partial charge < -0.3 is 20.1 Å². The Hall–Kier alpha value is -2.69. The second-order valence-corrected chi connectivity index (χ2v) is 5.91. The number of phenolic OH excluding ortho intramolecular Hbond substituents is 1. The molecule has 0 radical (unpaired) electrons. The minimum Gasteiger partial charge on any atom is -0.508 e. The van der Waals surface area contributed by atoms with Gasteiger partial charge in [0.1, 0.15) is 11.5 Å². The maximum atomic E-state index is 12.6. The van der Waals surface area contributed by atoms with E-state index < -0.39 is 0 Å². The molecule has 3 rings (SSSR count). The lowest BCUT2D eigenvalue weighted by atomic mass is 10.0. The van der Waals surface area contributed by atoms with Crippen molar-refractivity contribution >= 4 is 6.03 Å². The fourth-order valence-electron chi connectivity index (χ4n) is 3.17. The molecule has 5 heteroatoms. The van der Waals surface area contributed by atoms with Crippen molar-refractivity contribution in [2.24, 2.45) is 0 Å². The Morgan fingerprint density at radius 2 is 2.00 bits per heavy atom. The van der Waals surface area contributed by atoms with Crippen LogP contribution in [0.5, 0.6) is 11.5 Å². The summed E-state index contributed by atoms with van der Waals surface area (Å²) in [5, 5.41) is 12.4. The third kappa shape index (κ3) is 3.45. The Kier molecular flexibility index (Phi) is 4.89. The van der Waals surface area contributed by atoms with Crippen LogP contribution in [0.1, 0.15) is 30.0 Å². The van der Waals surface area contributed by atoms with Gasteiger partial charge >= 0.3 is 6.03 Å². The molecule has 5 nitrogen and oxygen atoms in total. The first-order valence-electron chi connectivity index (χ1n) is 8.14. The van der Waals surface area contributed by atoms with Gasteiger partial charge in [-0.05, 0) is 36.6 Å². The van der Waals surface area contributed by atoms with Gasteiger partial charge in [-0.1, -0.05) is 30.3 Å². The fourth-order valence-corrected chi connectivity index (χ4v) is 3.17. The number of rotatable bonds is 4. The number of hydrogen-bond acceptors (Lipinski definition) is 3. The molecule has 2 amide bonds. The highest BCUT2D eigenvalue weighted by molar-refractivity contribution is 5.75. The van der Waals surface area contributed by atoms with E-state index in [1.54, 1.807) is 19.2 Å². The Balaban J connectivity index is 1.66. The van der Waals surface area contributed by atoms with Gasteiger partial charge in [-0.3, -0.25) is 0 Å². The lowest BCUT2D eigenvalue weighted by molar-refractivity contribution is 0.192. The van der Waals surface area contributed by atoms with E-state index in [4.69, 9.17) is 4.74 Å². The smallest absolute Gasteiger partial charge is 0.318 e. The molecule has 0 bridgehead atoms. The van der Waals surface area contributed by atoms with Crippen LogP contribution in [-0.2, 0) is 6.54 Å². The SMILES string of the molecule is COc1ccccc1CNC(=O)N1CCCC1c1ccc(O)cc1. The maximum Gasteiger partial charge on any atom is 0.318 e.